The van der Waals surface area contributed by atoms with E-state index in [1.807, 2.05) is 0 Å². The normalized spacial score (nSPS) is 10.2. The number of thiophene rings is 1. The first kappa shape index (κ1) is 10.0. The van der Waals surface area contributed by atoms with E-state index in [2.05, 4.69) is 44.9 Å². The van der Waals surface area contributed by atoms with Gasteiger partial charge in [0.25, 0.3) is 0 Å². The Kier molecular flexibility index (Phi) is 4.65. The molecule has 0 saturated carbocycles. The average Bonchev–Trinajstić information content (AvgIpc) is 2.45. The Morgan fingerprint density at radius 3 is 2.92 bits per heavy atom. The lowest BCUT2D eigenvalue weighted by Crippen LogP contribution is -2.21. The number of rotatable bonds is 5. The summed E-state index contributed by atoms with van der Waals surface area (Å²) in [5.74, 6) is 0. The summed E-state index contributed by atoms with van der Waals surface area (Å²) in [5.41, 5.74) is 0. The third-order valence-corrected chi connectivity index (χ3v) is 3.07. The summed E-state index contributed by atoms with van der Waals surface area (Å²) in [6.45, 7) is 5.16. The van der Waals surface area contributed by atoms with Crippen LogP contribution in [-0.4, -0.2) is 19.6 Å². The van der Waals surface area contributed by atoms with Crippen molar-refractivity contribution < 1.29 is 0 Å². The quantitative estimate of drug-likeness (QED) is 0.783. The van der Waals surface area contributed by atoms with Crippen molar-refractivity contribution in [2.45, 2.75) is 6.92 Å². The molecule has 68 valence electrons. The Hall–Kier alpha value is -0.0600. The van der Waals surface area contributed by atoms with Gasteiger partial charge in [-0.3, -0.25) is 0 Å². The molecule has 1 heterocycles. The lowest BCUT2D eigenvalue weighted by atomic mass is 10.5. The molecule has 0 unspecified atom stereocenters. The van der Waals surface area contributed by atoms with Gasteiger partial charge in [-0.2, -0.15) is 0 Å². The predicted octanol–water partition coefficient (Wildman–Crippen LogP) is 2.53. The van der Waals surface area contributed by atoms with Gasteiger partial charge < -0.3 is 10.6 Å². The minimum absolute atomic E-state index is 0.987. The number of nitrogens with one attached hydrogen (secondary N) is 2. The van der Waals surface area contributed by atoms with Crippen molar-refractivity contribution in [2.75, 3.05) is 25.0 Å². The van der Waals surface area contributed by atoms with E-state index in [1.54, 1.807) is 11.3 Å². The summed E-state index contributed by atoms with van der Waals surface area (Å²) in [5, 5.41) is 9.88. The molecule has 2 nitrogen and oxygen atoms in total. The molecule has 2 N–H and O–H groups in total. The number of halogens is 1. The monoisotopic (exact) mass is 248 g/mol. The van der Waals surface area contributed by atoms with E-state index in [9.17, 15) is 0 Å². The van der Waals surface area contributed by atoms with Crippen LogP contribution < -0.4 is 10.6 Å². The lowest BCUT2D eigenvalue weighted by Gasteiger charge is -2.02. The summed E-state index contributed by atoms with van der Waals surface area (Å²) < 4.78 is 1.15. The summed E-state index contributed by atoms with van der Waals surface area (Å²) in [6, 6.07) is 2.09. The minimum atomic E-state index is 0.987. The fourth-order valence-electron chi connectivity index (χ4n) is 0.857. The lowest BCUT2D eigenvalue weighted by molar-refractivity contribution is 0.739. The Morgan fingerprint density at radius 2 is 2.33 bits per heavy atom. The molecule has 0 aliphatic heterocycles. The van der Waals surface area contributed by atoms with E-state index in [1.165, 1.54) is 5.00 Å². The van der Waals surface area contributed by atoms with E-state index in [-0.39, 0.29) is 0 Å². The molecule has 12 heavy (non-hydrogen) atoms. The van der Waals surface area contributed by atoms with Gasteiger partial charge in [0, 0.05) is 22.9 Å². The molecule has 1 aromatic rings. The zero-order chi connectivity index (χ0) is 8.81. The molecule has 0 fully saturated rings. The number of hydrogen-bond acceptors (Lipinski definition) is 3. The van der Waals surface area contributed by atoms with Crippen LogP contribution >= 0.6 is 27.3 Å². The van der Waals surface area contributed by atoms with Gasteiger partial charge >= 0.3 is 0 Å². The Balaban J connectivity index is 2.15. The minimum Gasteiger partial charge on any atom is -0.376 e. The topological polar surface area (TPSA) is 24.1 Å². The van der Waals surface area contributed by atoms with Gasteiger partial charge in [-0.1, -0.05) is 6.92 Å². The van der Waals surface area contributed by atoms with Crippen LogP contribution in [0, 0.1) is 0 Å². The van der Waals surface area contributed by atoms with Gasteiger partial charge in [0.1, 0.15) is 0 Å². The molecular weight excluding hydrogens is 236 g/mol. The van der Waals surface area contributed by atoms with Crippen molar-refractivity contribution in [1.29, 1.82) is 0 Å². The Morgan fingerprint density at radius 1 is 1.50 bits per heavy atom. The molecule has 0 spiro atoms. The van der Waals surface area contributed by atoms with E-state index < -0.39 is 0 Å². The van der Waals surface area contributed by atoms with Crippen molar-refractivity contribution in [3.63, 3.8) is 0 Å². The van der Waals surface area contributed by atoms with Gasteiger partial charge in [0.15, 0.2) is 0 Å². The maximum Gasteiger partial charge on any atom is 0.0894 e. The molecular formula is C8H13BrN2S. The number of anilines is 1. The van der Waals surface area contributed by atoms with E-state index in [0.717, 1.165) is 24.1 Å². The zero-order valence-electron chi connectivity index (χ0n) is 7.06. The molecule has 1 rings (SSSR count). The van der Waals surface area contributed by atoms with Crippen LogP contribution in [0.1, 0.15) is 6.92 Å². The highest BCUT2D eigenvalue weighted by Crippen LogP contribution is 2.23. The van der Waals surface area contributed by atoms with E-state index >= 15 is 0 Å². The SMILES string of the molecule is CCNCCNc1cc(Br)cs1. The van der Waals surface area contributed by atoms with Crippen LogP contribution in [0.5, 0.6) is 0 Å². The van der Waals surface area contributed by atoms with E-state index in [4.69, 9.17) is 0 Å². The largest absolute Gasteiger partial charge is 0.376 e. The summed E-state index contributed by atoms with van der Waals surface area (Å²) in [7, 11) is 0. The highest BCUT2D eigenvalue weighted by Gasteiger charge is 1.94. The van der Waals surface area contributed by atoms with Crippen LogP contribution in [0.25, 0.3) is 0 Å². The van der Waals surface area contributed by atoms with Crippen LogP contribution in [0.3, 0.4) is 0 Å². The van der Waals surface area contributed by atoms with Gasteiger partial charge in [0.05, 0.1) is 5.00 Å². The summed E-state index contributed by atoms with van der Waals surface area (Å²) >= 11 is 5.13. The molecule has 0 amide bonds. The smallest absolute Gasteiger partial charge is 0.0894 e. The second-order valence-electron chi connectivity index (χ2n) is 2.41. The molecule has 4 heteroatoms. The third kappa shape index (κ3) is 3.56. The maximum absolute atomic E-state index is 3.41. The molecule has 0 radical (unpaired) electrons. The predicted molar refractivity (Wildman–Crippen MR) is 59.1 cm³/mol. The fourth-order valence-corrected chi connectivity index (χ4v) is 2.21. The molecule has 0 saturated heterocycles. The van der Waals surface area contributed by atoms with Crippen molar-refractivity contribution in [1.82, 2.24) is 5.32 Å². The first-order valence-electron chi connectivity index (χ1n) is 4.01. The molecule has 0 aromatic carbocycles. The van der Waals surface area contributed by atoms with Crippen molar-refractivity contribution >= 4 is 32.3 Å². The summed E-state index contributed by atoms with van der Waals surface area (Å²) in [4.78, 5) is 0. The van der Waals surface area contributed by atoms with Gasteiger partial charge in [-0.25, -0.2) is 0 Å². The second-order valence-corrected chi connectivity index (χ2v) is 4.24. The molecule has 0 bridgehead atoms. The van der Waals surface area contributed by atoms with Gasteiger partial charge in [0.2, 0.25) is 0 Å². The Labute approximate surface area is 85.5 Å². The molecule has 0 atom stereocenters. The van der Waals surface area contributed by atoms with Crippen LogP contribution in [-0.2, 0) is 0 Å². The Bertz CT molecular complexity index is 225. The van der Waals surface area contributed by atoms with Gasteiger partial charge in [-0.05, 0) is 28.5 Å². The highest BCUT2D eigenvalue weighted by atomic mass is 79.9. The first-order chi connectivity index (χ1) is 5.83. The highest BCUT2D eigenvalue weighted by molar-refractivity contribution is 9.10. The van der Waals surface area contributed by atoms with Crippen molar-refractivity contribution in [2.24, 2.45) is 0 Å². The van der Waals surface area contributed by atoms with Crippen LogP contribution in [0.4, 0.5) is 5.00 Å². The average molecular weight is 249 g/mol. The standard InChI is InChI=1S/C8H13BrN2S/c1-2-10-3-4-11-8-5-7(9)6-12-8/h5-6,10-11H,2-4H2,1H3. The van der Waals surface area contributed by atoms with Crippen molar-refractivity contribution in [3.8, 4) is 0 Å². The van der Waals surface area contributed by atoms with Crippen molar-refractivity contribution in [3.05, 3.63) is 15.9 Å². The second kappa shape index (κ2) is 5.56. The summed E-state index contributed by atoms with van der Waals surface area (Å²) in [6.07, 6.45) is 0. The van der Waals surface area contributed by atoms with Crippen LogP contribution in [0.15, 0.2) is 15.9 Å². The van der Waals surface area contributed by atoms with Gasteiger partial charge in [-0.15, -0.1) is 11.3 Å². The van der Waals surface area contributed by atoms with Crippen LogP contribution in [0.2, 0.25) is 0 Å². The molecule has 1 aromatic heterocycles. The number of hydrogen-bond donors (Lipinski definition) is 2. The first-order valence-corrected chi connectivity index (χ1v) is 5.69. The molecule has 0 aliphatic rings. The fraction of sp³-hybridized carbons (Fsp3) is 0.500. The molecule has 0 aliphatic carbocycles. The third-order valence-electron chi connectivity index (χ3n) is 1.42. The van der Waals surface area contributed by atoms with E-state index in [0.29, 0.717) is 0 Å². The zero-order valence-corrected chi connectivity index (χ0v) is 9.46. The number of likely N-dealkylation sites (N-methyl/N-ethyl adjacent to an activating group) is 1. The maximum atomic E-state index is 3.41.